The second-order valence-electron chi connectivity index (χ2n) is 7.04. The lowest BCUT2D eigenvalue weighted by atomic mass is 9.84. The number of fused-ring (bicyclic) bond motifs is 1. The smallest absolute Gasteiger partial charge is 0.227 e. The molecule has 2 aliphatic rings. The second-order valence-corrected chi connectivity index (χ2v) is 7.04. The molecule has 0 saturated carbocycles. The molecule has 0 N–H and O–H groups in total. The van der Waals surface area contributed by atoms with Crippen molar-refractivity contribution < 1.29 is 9.53 Å². The van der Waals surface area contributed by atoms with E-state index in [1.165, 1.54) is 6.42 Å². The maximum Gasteiger partial charge on any atom is 0.227 e. The molecule has 1 amide bonds. The van der Waals surface area contributed by atoms with Gasteiger partial charge in [-0.15, -0.1) is 0 Å². The van der Waals surface area contributed by atoms with Crippen LogP contribution in [0.3, 0.4) is 0 Å². The highest BCUT2D eigenvalue weighted by molar-refractivity contribution is 5.89. The normalized spacial score (nSPS) is 22.2. The predicted octanol–water partition coefficient (Wildman–Crippen LogP) is 3.05. The number of ether oxygens (including phenoxy) is 1. The summed E-state index contributed by atoms with van der Waals surface area (Å²) < 4.78 is 5.52. The minimum absolute atomic E-state index is 0.231. The SMILES string of the molecule is O=C(Cc1cncc2ccccc12)N1CCC(C2CCOC2)CC1. The molecule has 2 aromatic rings. The Kier molecular flexibility index (Phi) is 4.48. The Morgan fingerprint density at radius 1 is 1.12 bits per heavy atom. The van der Waals surface area contributed by atoms with Gasteiger partial charge in [0.2, 0.25) is 5.91 Å². The number of hydrogen-bond donors (Lipinski definition) is 0. The third-order valence-electron chi connectivity index (χ3n) is 5.62. The quantitative estimate of drug-likeness (QED) is 0.871. The maximum atomic E-state index is 12.7. The van der Waals surface area contributed by atoms with Gasteiger partial charge in [-0.3, -0.25) is 9.78 Å². The zero-order chi connectivity index (χ0) is 16.4. The number of piperidine rings is 1. The molecule has 0 spiro atoms. The van der Waals surface area contributed by atoms with Crippen LogP contribution in [-0.4, -0.2) is 42.1 Å². The van der Waals surface area contributed by atoms with E-state index in [9.17, 15) is 4.79 Å². The molecule has 4 rings (SSSR count). The van der Waals surface area contributed by atoms with E-state index in [1.807, 2.05) is 35.5 Å². The summed E-state index contributed by atoms with van der Waals surface area (Å²) in [6.45, 7) is 3.61. The first-order chi connectivity index (χ1) is 11.8. The summed E-state index contributed by atoms with van der Waals surface area (Å²) in [6, 6.07) is 8.15. The van der Waals surface area contributed by atoms with Crippen molar-refractivity contribution in [2.45, 2.75) is 25.7 Å². The van der Waals surface area contributed by atoms with Crippen molar-refractivity contribution in [1.82, 2.24) is 9.88 Å². The van der Waals surface area contributed by atoms with Gasteiger partial charge >= 0.3 is 0 Å². The fourth-order valence-electron chi connectivity index (χ4n) is 4.14. The fraction of sp³-hybridized carbons (Fsp3) is 0.500. The Balaban J connectivity index is 1.39. The van der Waals surface area contributed by atoms with Crippen LogP contribution >= 0.6 is 0 Å². The number of pyridine rings is 1. The van der Waals surface area contributed by atoms with Crippen LogP contribution in [0.5, 0.6) is 0 Å². The molecule has 0 radical (unpaired) electrons. The maximum absolute atomic E-state index is 12.7. The van der Waals surface area contributed by atoms with Crippen LogP contribution in [-0.2, 0) is 16.0 Å². The molecule has 1 unspecified atom stereocenters. The highest BCUT2D eigenvalue weighted by Crippen LogP contribution is 2.31. The summed E-state index contributed by atoms with van der Waals surface area (Å²) in [6.07, 6.45) is 7.58. The average Bonchev–Trinajstić information content (AvgIpc) is 3.17. The first-order valence-electron chi connectivity index (χ1n) is 8.98. The standard InChI is InChI=1S/C20H24N2O2/c23-20(11-18-13-21-12-16-3-1-2-4-19(16)18)22-8-5-15(6-9-22)17-7-10-24-14-17/h1-4,12-13,15,17H,5-11,14H2. The predicted molar refractivity (Wildman–Crippen MR) is 93.7 cm³/mol. The van der Waals surface area contributed by atoms with Gasteiger partial charge in [-0.2, -0.15) is 0 Å². The number of hydrogen-bond acceptors (Lipinski definition) is 3. The molecule has 1 atom stereocenters. The van der Waals surface area contributed by atoms with Crippen LogP contribution in [0.25, 0.3) is 10.8 Å². The summed E-state index contributed by atoms with van der Waals surface area (Å²) in [5.41, 5.74) is 1.03. The van der Waals surface area contributed by atoms with E-state index < -0.39 is 0 Å². The molecule has 0 aliphatic carbocycles. The number of benzene rings is 1. The second kappa shape index (κ2) is 6.89. The molecule has 126 valence electrons. The zero-order valence-corrected chi connectivity index (χ0v) is 14.0. The Labute approximate surface area is 142 Å². The van der Waals surface area contributed by atoms with Gasteiger partial charge in [0, 0.05) is 44.1 Å². The van der Waals surface area contributed by atoms with Crippen molar-refractivity contribution in [1.29, 1.82) is 0 Å². The summed E-state index contributed by atoms with van der Waals surface area (Å²) in [5, 5.41) is 2.24. The van der Waals surface area contributed by atoms with Crippen LogP contribution in [0.15, 0.2) is 36.7 Å². The van der Waals surface area contributed by atoms with Crippen molar-refractivity contribution in [3.63, 3.8) is 0 Å². The molecule has 1 aromatic carbocycles. The van der Waals surface area contributed by atoms with Gasteiger partial charge in [-0.1, -0.05) is 24.3 Å². The van der Waals surface area contributed by atoms with E-state index in [-0.39, 0.29) is 5.91 Å². The van der Waals surface area contributed by atoms with Crippen LogP contribution in [0.1, 0.15) is 24.8 Å². The molecular weight excluding hydrogens is 300 g/mol. The molecule has 3 heterocycles. The van der Waals surface area contributed by atoms with E-state index in [0.717, 1.165) is 61.4 Å². The highest BCUT2D eigenvalue weighted by atomic mass is 16.5. The van der Waals surface area contributed by atoms with E-state index >= 15 is 0 Å². The Morgan fingerprint density at radius 2 is 1.96 bits per heavy atom. The van der Waals surface area contributed by atoms with Crippen LogP contribution in [0.4, 0.5) is 0 Å². The third kappa shape index (κ3) is 3.16. The van der Waals surface area contributed by atoms with E-state index in [4.69, 9.17) is 4.74 Å². The van der Waals surface area contributed by atoms with Gasteiger partial charge in [0.05, 0.1) is 6.42 Å². The first-order valence-corrected chi connectivity index (χ1v) is 8.98. The van der Waals surface area contributed by atoms with Gasteiger partial charge in [-0.05, 0) is 42.0 Å². The summed E-state index contributed by atoms with van der Waals surface area (Å²) in [5.74, 6) is 1.68. The van der Waals surface area contributed by atoms with Crippen LogP contribution in [0, 0.1) is 11.8 Å². The van der Waals surface area contributed by atoms with Crippen LogP contribution < -0.4 is 0 Å². The lowest BCUT2D eigenvalue weighted by Gasteiger charge is -2.34. The Hall–Kier alpha value is -1.94. The molecule has 24 heavy (non-hydrogen) atoms. The van der Waals surface area contributed by atoms with Gasteiger partial charge in [0.1, 0.15) is 0 Å². The summed E-state index contributed by atoms with van der Waals surface area (Å²) in [7, 11) is 0. The molecule has 4 nitrogen and oxygen atoms in total. The summed E-state index contributed by atoms with van der Waals surface area (Å²) in [4.78, 5) is 19.0. The first kappa shape index (κ1) is 15.6. The lowest BCUT2D eigenvalue weighted by Crippen LogP contribution is -2.41. The zero-order valence-electron chi connectivity index (χ0n) is 14.0. The number of carbonyl (C=O) groups is 1. The van der Waals surface area contributed by atoms with Crippen molar-refractivity contribution >= 4 is 16.7 Å². The molecule has 1 aromatic heterocycles. The van der Waals surface area contributed by atoms with Gasteiger partial charge < -0.3 is 9.64 Å². The Morgan fingerprint density at radius 3 is 2.75 bits per heavy atom. The summed E-state index contributed by atoms with van der Waals surface area (Å²) >= 11 is 0. The number of carbonyl (C=O) groups excluding carboxylic acids is 1. The number of amides is 1. The minimum Gasteiger partial charge on any atom is -0.381 e. The molecule has 2 saturated heterocycles. The number of aromatic nitrogens is 1. The largest absolute Gasteiger partial charge is 0.381 e. The molecule has 2 fully saturated rings. The highest BCUT2D eigenvalue weighted by Gasteiger charge is 2.30. The monoisotopic (exact) mass is 324 g/mol. The van der Waals surface area contributed by atoms with Gasteiger partial charge in [0.25, 0.3) is 0 Å². The van der Waals surface area contributed by atoms with Crippen molar-refractivity contribution in [3.8, 4) is 0 Å². The lowest BCUT2D eigenvalue weighted by molar-refractivity contribution is -0.132. The number of likely N-dealkylation sites (tertiary alicyclic amines) is 1. The van der Waals surface area contributed by atoms with Crippen molar-refractivity contribution in [2.75, 3.05) is 26.3 Å². The molecule has 2 aliphatic heterocycles. The molecular formula is C20H24N2O2. The van der Waals surface area contributed by atoms with Crippen LogP contribution in [0.2, 0.25) is 0 Å². The number of nitrogens with zero attached hydrogens (tertiary/aromatic N) is 2. The average molecular weight is 324 g/mol. The van der Waals surface area contributed by atoms with Gasteiger partial charge in [-0.25, -0.2) is 0 Å². The fourth-order valence-corrected chi connectivity index (χ4v) is 4.14. The molecule has 4 heteroatoms. The van der Waals surface area contributed by atoms with E-state index in [0.29, 0.717) is 12.3 Å². The van der Waals surface area contributed by atoms with Gasteiger partial charge in [0.15, 0.2) is 0 Å². The van der Waals surface area contributed by atoms with E-state index in [2.05, 4.69) is 11.1 Å². The van der Waals surface area contributed by atoms with Crippen molar-refractivity contribution in [2.24, 2.45) is 11.8 Å². The minimum atomic E-state index is 0.231. The van der Waals surface area contributed by atoms with Crippen molar-refractivity contribution in [3.05, 3.63) is 42.2 Å². The molecule has 0 bridgehead atoms. The number of rotatable bonds is 3. The Bertz CT molecular complexity index is 711. The van der Waals surface area contributed by atoms with E-state index in [1.54, 1.807) is 0 Å². The third-order valence-corrected chi connectivity index (χ3v) is 5.62. The topological polar surface area (TPSA) is 42.4 Å².